The van der Waals surface area contributed by atoms with Crippen molar-refractivity contribution in [3.05, 3.63) is 23.8 Å². The van der Waals surface area contributed by atoms with Gasteiger partial charge in [0.2, 0.25) is 10.0 Å². The summed E-state index contributed by atoms with van der Waals surface area (Å²) in [4.78, 5) is 14.5. The van der Waals surface area contributed by atoms with E-state index in [0.717, 1.165) is 23.3 Å². The fourth-order valence-corrected chi connectivity index (χ4v) is 4.50. The molecule has 2 aliphatic rings. The lowest BCUT2D eigenvalue weighted by atomic mass is 10.2. The number of carbonyl (C=O) groups is 1. The molecule has 0 unspecified atom stereocenters. The Bertz CT molecular complexity index is 808. The van der Waals surface area contributed by atoms with Gasteiger partial charge < -0.3 is 14.2 Å². The van der Waals surface area contributed by atoms with Crippen LogP contribution >= 0.6 is 0 Å². The van der Waals surface area contributed by atoms with Gasteiger partial charge in [-0.2, -0.15) is 0 Å². The first-order valence-corrected chi connectivity index (χ1v) is 11.5. The van der Waals surface area contributed by atoms with Crippen LogP contribution in [0.15, 0.2) is 12.1 Å². The number of anilines is 2. The Kier molecular flexibility index (Phi) is 5.79. The van der Waals surface area contributed by atoms with Crippen molar-refractivity contribution in [2.45, 2.75) is 6.10 Å². The molecule has 0 saturated carbocycles. The Hall–Kier alpha value is -1.63. The van der Waals surface area contributed by atoms with Crippen LogP contribution < -0.4 is 14.5 Å². The smallest absolute Gasteiger partial charge is 0.414 e. The molecule has 0 aliphatic carbocycles. The minimum Gasteiger partial charge on any atom is -0.616 e. The Labute approximate surface area is 158 Å². The number of sulfonamides is 1. The number of rotatable bonds is 5. The molecule has 150 valence electrons. The number of nitrogens with one attached hydrogen (secondary N) is 1. The van der Waals surface area contributed by atoms with E-state index in [1.807, 2.05) is 0 Å². The first-order chi connectivity index (χ1) is 12.6. The topological polar surface area (TPSA) is 102 Å². The van der Waals surface area contributed by atoms with Gasteiger partial charge in [0.05, 0.1) is 31.6 Å². The van der Waals surface area contributed by atoms with Gasteiger partial charge in [0.1, 0.15) is 23.3 Å². The summed E-state index contributed by atoms with van der Waals surface area (Å²) >= 11 is -0.976. The molecule has 2 aliphatic heterocycles. The number of benzene rings is 1. The van der Waals surface area contributed by atoms with Crippen LogP contribution in [0.4, 0.5) is 25.0 Å². The van der Waals surface area contributed by atoms with Crippen molar-refractivity contribution in [3.8, 4) is 0 Å². The summed E-state index contributed by atoms with van der Waals surface area (Å²) in [6, 6.07) is 2.08. The molecule has 12 heteroatoms. The molecule has 2 saturated heterocycles. The quantitative estimate of drug-likeness (QED) is 0.689. The zero-order valence-electron chi connectivity index (χ0n) is 14.5. The molecular weight excluding hydrogens is 404 g/mol. The van der Waals surface area contributed by atoms with Gasteiger partial charge >= 0.3 is 6.09 Å². The molecule has 1 aromatic rings. The number of hydrogen-bond donors (Lipinski definition) is 1. The first kappa shape index (κ1) is 20.1. The summed E-state index contributed by atoms with van der Waals surface area (Å²) < 4.78 is 70.0. The molecule has 2 heterocycles. The number of amides is 1. The van der Waals surface area contributed by atoms with Crippen LogP contribution in [-0.2, 0) is 25.9 Å². The van der Waals surface area contributed by atoms with E-state index in [-0.39, 0.29) is 37.6 Å². The number of cyclic esters (lactones) is 1. The molecule has 0 bridgehead atoms. The minimum atomic E-state index is -3.45. The second-order valence-corrected chi connectivity index (χ2v) is 9.86. The molecule has 8 nitrogen and oxygen atoms in total. The molecule has 0 aromatic heterocycles. The van der Waals surface area contributed by atoms with Crippen molar-refractivity contribution in [2.75, 3.05) is 53.7 Å². The first-order valence-electron chi connectivity index (χ1n) is 8.16. The maximum absolute atomic E-state index is 14.5. The molecular formula is C15H19F2N3O5S2. The monoisotopic (exact) mass is 423 g/mol. The normalized spacial score (nSPS) is 21.6. The summed E-state index contributed by atoms with van der Waals surface area (Å²) in [5.74, 6) is -0.978. The predicted molar refractivity (Wildman–Crippen MR) is 96.9 cm³/mol. The van der Waals surface area contributed by atoms with Gasteiger partial charge in [0, 0.05) is 18.7 Å². The number of halogens is 2. The van der Waals surface area contributed by atoms with E-state index in [1.165, 1.54) is 4.90 Å². The van der Waals surface area contributed by atoms with Gasteiger partial charge in [0.25, 0.3) is 0 Å². The third kappa shape index (κ3) is 4.81. The largest absolute Gasteiger partial charge is 0.616 e. The van der Waals surface area contributed by atoms with Crippen molar-refractivity contribution in [1.29, 1.82) is 0 Å². The van der Waals surface area contributed by atoms with Crippen LogP contribution in [0.3, 0.4) is 0 Å². The fourth-order valence-electron chi connectivity index (χ4n) is 2.95. The van der Waals surface area contributed by atoms with Gasteiger partial charge in [-0.25, -0.2) is 26.7 Å². The lowest BCUT2D eigenvalue weighted by molar-refractivity contribution is 0.143. The van der Waals surface area contributed by atoms with Crippen molar-refractivity contribution in [1.82, 2.24) is 4.72 Å². The van der Waals surface area contributed by atoms with Crippen LogP contribution in [0, 0.1) is 11.6 Å². The third-order valence-corrected chi connectivity index (χ3v) is 6.22. The Balaban J connectivity index is 1.75. The van der Waals surface area contributed by atoms with E-state index in [1.54, 1.807) is 0 Å². The summed E-state index contributed by atoms with van der Waals surface area (Å²) in [5, 5.41) is 0. The average Bonchev–Trinajstić information content (AvgIpc) is 2.94. The second kappa shape index (κ2) is 7.78. The molecule has 1 N–H and O–H groups in total. The Morgan fingerprint density at radius 2 is 1.89 bits per heavy atom. The van der Waals surface area contributed by atoms with Crippen molar-refractivity contribution in [3.63, 3.8) is 0 Å². The minimum absolute atomic E-state index is 0.0128. The van der Waals surface area contributed by atoms with E-state index in [4.69, 9.17) is 4.74 Å². The van der Waals surface area contributed by atoms with Crippen molar-refractivity contribution < 1.29 is 31.3 Å². The van der Waals surface area contributed by atoms with E-state index in [0.29, 0.717) is 11.5 Å². The highest BCUT2D eigenvalue weighted by molar-refractivity contribution is 7.91. The van der Waals surface area contributed by atoms with Crippen LogP contribution in [0.25, 0.3) is 0 Å². The van der Waals surface area contributed by atoms with Gasteiger partial charge in [-0.3, -0.25) is 4.90 Å². The molecule has 0 radical (unpaired) electrons. The maximum atomic E-state index is 14.5. The highest BCUT2D eigenvalue weighted by Gasteiger charge is 2.34. The van der Waals surface area contributed by atoms with Crippen LogP contribution in [0.2, 0.25) is 0 Å². The fraction of sp³-hybridized carbons (Fsp3) is 0.533. The van der Waals surface area contributed by atoms with E-state index in [9.17, 15) is 26.5 Å². The van der Waals surface area contributed by atoms with Crippen molar-refractivity contribution in [2.24, 2.45) is 0 Å². The van der Waals surface area contributed by atoms with Crippen LogP contribution in [0.5, 0.6) is 0 Å². The maximum Gasteiger partial charge on any atom is 0.414 e. The SMILES string of the molecule is CS(=O)(=O)NC[C@H]1CN(c2cc(F)c(N3CC[S+]([O-])CC3)c(F)c2)C(=O)O1. The number of hydrogen-bond acceptors (Lipinski definition) is 6. The molecule has 1 amide bonds. The van der Waals surface area contributed by atoms with E-state index < -0.39 is 45.0 Å². The zero-order chi connectivity index (χ0) is 19.8. The van der Waals surface area contributed by atoms with Gasteiger partial charge in [-0.05, 0) is 0 Å². The van der Waals surface area contributed by atoms with Gasteiger partial charge in [0.15, 0.2) is 11.6 Å². The molecule has 0 spiro atoms. The van der Waals surface area contributed by atoms with Gasteiger partial charge in [-0.1, -0.05) is 11.2 Å². The average molecular weight is 423 g/mol. The number of nitrogens with zero attached hydrogens (tertiary/aromatic N) is 2. The summed E-state index contributed by atoms with van der Waals surface area (Å²) in [6.07, 6.45) is -0.605. The van der Waals surface area contributed by atoms with Crippen molar-refractivity contribution >= 4 is 38.7 Å². The Morgan fingerprint density at radius 1 is 1.30 bits per heavy atom. The number of carbonyl (C=O) groups excluding carboxylic acids is 1. The van der Waals surface area contributed by atoms with Crippen LogP contribution in [0.1, 0.15) is 0 Å². The summed E-state index contributed by atoms with van der Waals surface area (Å²) in [5.41, 5.74) is -0.223. The molecule has 2 fully saturated rings. The molecule has 1 atom stereocenters. The molecule has 27 heavy (non-hydrogen) atoms. The highest BCUT2D eigenvalue weighted by Crippen LogP contribution is 2.31. The van der Waals surface area contributed by atoms with E-state index in [2.05, 4.69) is 4.72 Å². The summed E-state index contributed by atoms with van der Waals surface area (Å²) in [7, 11) is -3.45. The third-order valence-electron chi connectivity index (χ3n) is 4.25. The summed E-state index contributed by atoms with van der Waals surface area (Å²) in [6.45, 7) is 0.396. The number of ether oxygens (including phenoxy) is 1. The second-order valence-electron chi connectivity index (χ2n) is 6.33. The predicted octanol–water partition coefficient (Wildman–Crippen LogP) is 0.408. The molecule has 3 rings (SSSR count). The molecule has 1 aromatic carbocycles. The standard InChI is InChI=1S/C15H19F2N3O5S2/c1-27(23,24)18-8-11-9-20(15(21)25-11)10-6-12(16)14(13(17)7-10)19-2-4-26(22)5-3-19/h6-7,11,18H,2-5,8-9H2,1H3/t11-/m0/s1. The Morgan fingerprint density at radius 3 is 2.44 bits per heavy atom. The lowest BCUT2D eigenvalue weighted by Gasteiger charge is -2.30. The van der Waals surface area contributed by atoms with E-state index >= 15 is 0 Å². The highest BCUT2D eigenvalue weighted by atomic mass is 32.2. The van der Waals surface area contributed by atoms with Crippen LogP contribution in [-0.4, -0.2) is 69.1 Å². The van der Waals surface area contributed by atoms with Gasteiger partial charge in [-0.15, -0.1) is 0 Å². The zero-order valence-corrected chi connectivity index (χ0v) is 16.1. The lowest BCUT2D eigenvalue weighted by Crippen LogP contribution is -2.41.